The highest BCUT2D eigenvalue weighted by Crippen LogP contribution is 2.17. The van der Waals surface area contributed by atoms with E-state index in [-0.39, 0.29) is 42.3 Å². The van der Waals surface area contributed by atoms with Gasteiger partial charge in [-0.1, -0.05) is 20.8 Å². The Kier molecular flexibility index (Phi) is 17.5. The third-order valence-electron chi connectivity index (χ3n) is 4.26. The number of carboxylic acid groups (broad SMARTS) is 1. The molecule has 0 rings (SSSR count). The van der Waals surface area contributed by atoms with Crippen molar-refractivity contribution in [3.05, 3.63) is 0 Å². The lowest BCUT2D eigenvalue weighted by atomic mass is 9.92. The van der Waals surface area contributed by atoms with Crippen LogP contribution in [0.4, 0.5) is 0 Å². The Morgan fingerprint density at radius 3 is 1.66 bits per heavy atom. The van der Waals surface area contributed by atoms with Gasteiger partial charge in [-0.15, -0.1) is 0 Å². The molecule has 0 saturated carbocycles. The molecule has 35 heavy (non-hydrogen) atoms. The molecule has 0 radical (unpaired) electrons. The number of hydrogen-bond donors (Lipinski definition) is 4. The monoisotopic (exact) mass is 505 g/mol. The minimum Gasteiger partial charge on any atom is -0.480 e. The molecule has 1 atom stereocenters. The SMILES string of the molecule is CC(C)(C)CC(=O)NCCOCCOCCOCCOCCC(=O)NCC(NC(C)(C)C)C(=O)O. The Labute approximate surface area is 210 Å². The highest BCUT2D eigenvalue weighted by molar-refractivity contribution is 5.78. The summed E-state index contributed by atoms with van der Waals surface area (Å²) in [5, 5.41) is 17.6. The van der Waals surface area contributed by atoms with Crippen molar-refractivity contribution in [3.8, 4) is 0 Å². The summed E-state index contributed by atoms with van der Waals surface area (Å²) in [7, 11) is 0. The zero-order valence-corrected chi connectivity index (χ0v) is 22.4. The molecule has 206 valence electrons. The summed E-state index contributed by atoms with van der Waals surface area (Å²) in [6, 6.07) is -0.854. The largest absolute Gasteiger partial charge is 0.480 e. The Balaban J connectivity index is 3.49. The quantitative estimate of drug-likeness (QED) is 0.178. The van der Waals surface area contributed by atoms with Crippen LogP contribution in [0.25, 0.3) is 0 Å². The lowest BCUT2D eigenvalue weighted by Crippen LogP contribution is -2.53. The van der Waals surface area contributed by atoms with Crippen molar-refractivity contribution < 1.29 is 38.4 Å². The van der Waals surface area contributed by atoms with Crippen molar-refractivity contribution in [1.29, 1.82) is 0 Å². The van der Waals surface area contributed by atoms with E-state index in [9.17, 15) is 19.5 Å². The van der Waals surface area contributed by atoms with Gasteiger partial charge in [-0.2, -0.15) is 0 Å². The summed E-state index contributed by atoms with van der Waals surface area (Å²) < 4.78 is 21.6. The number of carboxylic acids is 1. The zero-order chi connectivity index (χ0) is 26.7. The van der Waals surface area contributed by atoms with Gasteiger partial charge >= 0.3 is 5.97 Å². The maximum atomic E-state index is 11.8. The number of hydrogen-bond acceptors (Lipinski definition) is 8. The number of carbonyl (C=O) groups is 3. The van der Waals surface area contributed by atoms with Crippen LogP contribution >= 0.6 is 0 Å². The number of nitrogens with one attached hydrogen (secondary N) is 3. The fourth-order valence-electron chi connectivity index (χ4n) is 2.76. The molecule has 0 aromatic heterocycles. The molecule has 0 spiro atoms. The Hall–Kier alpha value is -1.79. The number of amides is 2. The highest BCUT2D eigenvalue weighted by atomic mass is 16.6. The van der Waals surface area contributed by atoms with Gasteiger partial charge in [0.2, 0.25) is 11.8 Å². The van der Waals surface area contributed by atoms with Crippen LogP contribution in [0.3, 0.4) is 0 Å². The molecule has 11 heteroatoms. The predicted octanol–water partition coefficient (Wildman–Crippen LogP) is 0.953. The number of carbonyl (C=O) groups excluding carboxylic acids is 2. The van der Waals surface area contributed by atoms with E-state index in [1.807, 2.05) is 41.5 Å². The topological polar surface area (TPSA) is 144 Å². The third-order valence-corrected chi connectivity index (χ3v) is 4.26. The van der Waals surface area contributed by atoms with E-state index in [1.165, 1.54) is 0 Å². The fourth-order valence-corrected chi connectivity index (χ4v) is 2.76. The van der Waals surface area contributed by atoms with Crippen molar-refractivity contribution in [1.82, 2.24) is 16.0 Å². The summed E-state index contributed by atoms with van der Waals surface area (Å²) in [6.07, 6.45) is 0.631. The van der Waals surface area contributed by atoms with Crippen molar-refractivity contribution in [3.63, 3.8) is 0 Å². The van der Waals surface area contributed by atoms with Crippen LogP contribution in [0.2, 0.25) is 0 Å². The molecule has 0 aromatic carbocycles. The normalized spacial score (nSPS) is 12.9. The van der Waals surface area contributed by atoms with Gasteiger partial charge in [0.1, 0.15) is 6.04 Å². The lowest BCUT2D eigenvalue weighted by Gasteiger charge is -2.26. The standard InChI is InChI=1S/C24H47N3O8/c1-23(2,3)17-21(29)25-8-10-33-12-14-35-16-15-34-13-11-32-9-7-20(28)26-18-19(22(30)31)27-24(4,5)6/h19,27H,7-18H2,1-6H3,(H,25,29)(H,26,28)(H,30,31). The predicted molar refractivity (Wildman–Crippen MR) is 132 cm³/mol. The minimum absolute atomic E-state index is 0.00754. The zero-order valence-electron chi connectivity index (χ0n) is 22.4. The molecule has 0 fully saturated rings. The first-order chi connectivity index (χ1) is 16.3. The Bertz CT molecular complexity index is 603. The maximum absolute atomic E-state index is 11.8. The minimum atomic E-state index is -1.01. The molecule has 11 nitrogen and oxygen atoms in total. The highest BCUT2D eigenvalue weighted by Gasteiger charge is 2.23. The van der Waals surface area contributed by atoms with Gasteiger partial charge in [-0.3, -0.25) is 19.7 Å². The van der Waals surface area contributed by atoms with E-state index in [1.54, 1.807) is 0 Å². The average Bonchev–Trinajstić information content (AvgIpc) is 2.71. The van der Waals surface area contributed by atoms with Crippen LogP contribution in [0, 0.1) is 5.41 Å². The van der Waals surface area contributed by atoms with Crippen molar-refractivity contribution in [2.24, 2.45) is 5.41 Å². The Morgan fingerprint density at radius 2 is 1.20 bits per heavy atom. The van der Waals surface area contributed by atoms with Crippen LogP contribution in [0.1, 0.15) is 54.4 Å². The maximum Gasteiger partial charge on any atom is 0.322 e. The number of ether oxygens (including phenoxy) is 4. The van der Waals surface area contributed by atoms with E-state index >= 15 is 0 Å². The van der Waals surface area contributed by atoms with Crippen LogP contribution < -0.4 is 16.0 Å². The van der Waals surface area contributed by atoms with Crippen LogP contribution in [0.5, 0.6) is 0 Å². The second kappa shape index (κ2) is 18.5. The fraction of sp³-hybridized carbons (Fsp3) is 0.875. The molecule has 0 heterocycles. The first-order valence-electron chi connectivity index (χ1n) is 12.1. The molecule has 0 aliphatic rings. The second-order valence-corrected chi connectivity index (χ2v) is 10.4. The van der Waals surface area contributed by atoms with Gasteiger partial charge in [0.25, 0.3) is 0 Å². The van der Waals surface area contributed by atoms with Gasteiger partial charge in [-0.05, 0) is 26.2 Å². The summed E-state index contributed by atoms with van der Waals surface area (Å²) in [5.41, 5.74) is -0.399. The van der Waals surface area contributed by atoms with Crippen molar-refractivity contribution in [2.45, 2.75) is 66.0 Å². The average molecular weight is 506 g/mol. The molecule has 0 aliphatic heterocycles. The Morgan fingerprint density at radius 1 is 0.714 bits per heavy atom. The number of rotatable bonds is 20. The van der Waals surface area contributed by atoms with E-state index in [0.717, 1.165) is 0 Å². The van der Waals surface area contributed by atoms with Gasteiger partial charge in [0, 0.05) is 31.5 Å². The molecule has 4 N–H and O–H groups in total. The molecule has 2 amide bonds. The van der Waals surface area contributed by atoms with Crippen LogP contribution in [0.15, 0.2) is 0 Å². The van der Waals surface area contributed by atoms with Gasteiger partial charge < -0.3 is 34.7 Å². The van der Waals surface area contributed by atoms with Gasteiger partial charge in [0.05, 0.1) is 52.9 Å². The number of aliphatic carboxylic acids is 1. The van der Waals surface area contributed by atoms with Gasteiger partial charge in [0.15, 0.2) is 0 Å². The molecule has 0 saturated heterocycles. The van der Waals surface area contributed by atoms with E-state index in [0.29, 0.717) is 59.2 Å². The van der Waals surface area contributed by atoms with Crippen molar-refractivity contribution in [2.75, 3.05) is 65.9 Å². The molecular formula is C24H47N3O8. The smallest absolute Gasteiger partial charge is 0.322 e. The summed E-state index contributed by atoms with van der Waals surface area (Å²) in [4.78, 5) is 34.8. The first kappa shape index (κ1) is 33.2. The van der Waals surface area contributed by atoms with E-state index in [4.69, 9.17) is 18.9 Å². The summed E-state index contributed by atoms with van der Waals surface area (Å²) in [6.45, 7) is 15.3. The van der Waals surface area contributed by atoms with Crippen LogP contribution in [-0.2, 0) is 33.3 Å². The summed E-state index contributed by atoms with van der Waals surface area (Å²) in [5.74, 6) is -1.25. The third kappa shape index (κ3) is 23.7. The van der Waals surface area contributed by atoms with E-state index < -0.39 is 12.0 Å². The second-order valence-electron chi connectivity index (χ2n) is 10.4. The first-order valence-corrected chi connectivity index (χ1v) is 12.1. The van der Waals surface area contributed by atoms with Crippen molar-refractivity contribution >= 4 is 17.8 Å². The lowest BCUT2D eigenvalue weighted by molar-refractivity contribution is -0.140. The van der Waals surface area contributed by atoms with E-state index in [2.05, 4.69) is 16.0 Å². The van der Waals surface area contributed by atoms with Crippen LogP contribution in [-0.4, -0.2) is 100 Å². The molecule has 0 bridgehead atoms. The molecule has 0 aromatic rings. The molecule has 0 aliphatic carbocycles. The molecule has 1 unspecified atom stereocenters. The van der Waals surface area contributed by atoms with Gasteiger partial charge in [-0.25, -0.2) is 0 Å². The summed E-state index contributed by atoms with van der Waals surface area (Å²) >= 11 is 0. The molecular weight excluding hydrogens is 458 g/mol.